The lowest BCUT2D eigenvalue weighted by Gasteiger charge is -2.17. The van der Waals surface area contributed by atoms with Crippen LogP contribution in [0.5, 0.6) is 0 Å². The van der Waals surface area contributed by atoms with Gasteiger partial charge in [0.25, 0.3) is 0 Å². The third-order valence-electron chi connectivity index (χ3n) is 3.85. The molecule has 0 spiro atoms. The van der Waals surface area contributed by atoms with E-state index in [-0.39, 0.29) is 0 Å². The van der Waals surface area contributed by atoms with Gasteiger partial charge in [0.05, 0.1) is 0 Å². The van der Waals surface area contributed by atoms with E-state index in [0.717, 1.165) is 6.42 Å². The van der Waals surface area contributed by atoms with Crippen molar-refractivity contribution in [2.75, 3.05) is 5.32 Å². The molecule has 0 aromatic heterocycles. The Morgan fingerprint density at radius 2 is 1.35 bits per heavy atom. The summed E-state index contributed by atoms with van der Waals surface area (Å²) in [4.78, 5) is 0. The Balaban J connectivity index is 2.04. The highest BCUT2D eigenvalue weighted by atomic mass is 14.9. The molecule has 1 nitrogen and oxygen atoms in total. The van der Waals surface area contributed by atoms with Crippen molar-refractivity contribution in [1.82, 2.24) is 0 Å². The number of benzene rings is 2. The van der Waals surface area contributed by atoms with Gasteiger partial charge in [-0.15, -0.1) is 0 Å². The lowest BCUT2D eigenvalue weighted by molar-refractivity contribution is 0.852. The van der Waals surface area contributed by atoms with Crippen LogP contribution in [-0.2, 0) is 6.42 Å². The number of hydrogen-bond donors (Lipinski definition) is 1. The van der Waals surface area contributed by atoms with E-state index >= 15 is 0 Å². The maximum absolute atomic E-state index is 3.56. The average molecular weight is 267 g/mol. The van der Waals surface area contributed by atoms with Crippen LogP contribution in [0, 0.1) is 0 Å². The van der Waals surface area contributed by atoms with Gasteiger partial charge in [-0.25, -0.2) is 0 Å². The van der Waals surface area contributed by atoms with Gasteiger partial charge in [0, 0.05) is 11.7 Å². The van der Waals surface area contributed by atoms with Crippen LogP contribution in [0.4, 0.5) is 5.69 Å². The Labute approximate surface area is 123 Å². The van der Waals surface area contributed by atoms with Crippen LogP contribution < -0.4 is 5.32 Å². The molecule has 106 valence electrons. The fraction of sp³-hybridized carbons (Fsp3) is 0.368. The van der Waals surface area contributed by atoms with E-state index in [1.807, 2.05) is 0 Å². The van der Waals surface area contributed by atoms with Crippen LogP contribution in [0.15, 0.2) is 48.5 Å². The Morgan fingerprint density at radius 3 is 1.85 bits per heavy atom. The van der Waals surface area contributed by atoms with Gasteiger partial charge < -0.3 is 5.32 Å². The summed E-state index contributed by atoms with van der Waals surface area (Å²) in [5.41, 5.74) is 5.29. The molecule has 20 heavy (non-hydrogen) atoms. The molecule has 1 N–H and O–H groups in total. The fourth-order valence-electron chi connectivity index (χ4n) is 2.34. The van der Waals surface area contributed by atoms with Gasteiger partial charge in [-0.05, 0) is 48.1 Å². The topological polar surface area (TPSA) is 12.0 Å². The number of rotatable bonds is 5. The van der Waals surface area contributed by atoms with E-state index < -0.39 is 0 Å². The van der Waals surface area contributed by atoms with E-state index in [0.29, 0.717) is 12.0 Å². The zero-order chi connectivity index (χ0) is 14.5. The quantitative estimate of drug-likeness (QED) is 0.749. The molecular weight excluding hydrogens is 242 g/mol. The summed E-state index contributed by atoms with van der Waals surface area (Å²) in [7, 11) is 0. The number of anilines is 1. The molecule has 0 aliphatic carbocycles. The van der Waals surface area contributed by atoms with E-state index in [2.05, 4.69) is 81.5 Å². The van der Waals surface area contributed by atoms with Crippen molar-refractivity contribution in [2.24, 2.45) is 0 Å². The highest BCUT2D eigenvalue weighted by Gasteiger charge is 2.06. The highest BCUT2D eigenvalue weighted by molar-refractivity contribution is 5.46. The minimum Gasteiger partial charge on any atom is -0.379 e. The number of aryl methyl sites for hydroxylation is 1. The fourth-order valence-corrected chi connectivity index (χ4v) is 2.34. The molecule has 0 saturated heterocycles. The summed E-state index contributed by atoms with van der Waals surface area (Å²) in [6.45, 7) is 8.84. The maximum Gasteiger partial charge on any atom is 0.0485 e. The minimum absolute atomic E-state index is 0.323. The second-order valence-electron chi connectivity index (χ2n) is 5.74. The molecule has 0 radical (unpaired) electrons. The largest absolute Gasteiger partial charge is 0.379 e. The van der Waals surface area contributed by atoms with Crippen LogP contribution in [0.25, 0.3) is 0 Å². The standard InChI is InChI=1S/C19H25N/c1-5-16-6-12-19(13-7-16)20-15(4)18-10-8-17(9-11-18)14(2)3/h6-15,20H,5H2,1-4H3. The third kappa shape index (κ3) is 3.63. The molecule has 1 unspecified atom stereocenters. The molecule has 0 aliphatic heterocycles. The van der Waals surface area contributed by atoms with Crippen LogP contribution in [-0.4, -0.2) is 0 Å². The van der Waals surface area contributed by atoms with Crippen molar-refractivity contribution < 1.29 is 0 Å². The summed E-state index contributed by atoms with van der Waals surface area (Å²) in [6, 6.07) is 18.0. The van der Waals surface area contributed by atoms with E-state index in [1.54, 1.807) is 0 Å². The molecule has 0 saturated carbocycles. The Bertz CT molecular complexity index is 523. The number of hydrogen-bond acceptors (Lipinski definition) is 1. The molecule has 1 atom stereocenters. The lowest BCUT2D eigenvalue weighted by atomic mass is 9.99. The molecule has 1 heteroatoms. The van der Waals surface area contributed by atoms with E-state index in [4.69, 9.17) is 0 Å². The Kier molecular flexibility index (Phi) is 4.84. The van der Waals surface area contributed by atoms with Gasteiger partial charge in [-0.1, -0.05) is 57.2 Å². The second kappa shape index (κ2) is 6.60. The zero-order valence-corrected chi connectivity index (χ0v) is 13.0. The molecule has 0 amide bonds. The molecule has 0 bridgehead atoms. The predicted octanol–water partition coefficient (Wildman–Crippen LogP) is 5.55. The lowest BCUT2D eigenvalue weighted by Crippen LogP contribution is -2.06. The maximum atomic E-state index is 3.56. The van der Waals surface area contributed by atoms with E-state index in [9.17, 15) is 0 Å². The molecule has 2 rings (SSSR count). The van der Waals surface area contributed by atoms with Crippen molar-refractivity contribution in [3.05, 3.63) is 65.2 Å². The van der Waals surface area contributed by atoms with Crippen molar-refractivity contribution in [3.63, 3.8) is 0 Å². The SMILES string of the molecule is CCc1ccc(NC(C)c2ccc(C(C)C)cc2)cc1. The van der Waals surface area contributed by atoms with Crippen LogP contribution in [0.1, 0.15) is 56.3 Å². The summed E-state index contributed by atoms with van der Waals surface area (Å²) in [6.07, 6.45) is 1.09. The van der Waals surface area contributed by atoms with Crippen molar-refractivity contribution >= 4 is 5.69 Å². The molecule has 2 aromatic carbocycles. The van der Waals surface area contributed by atoms with Crippen molar-refractivity contribution in [3.8, 4) is 0 Å². The third-order valence-corrected chi connectivity index (χ3v) is 3.85. The van der Waals surface area contributed by atoms with Gasteiger partial charge in [-0.2, -0.15) is 0 Å². The Hall–Kier alpha value is -1.76. The summed E-state index contributed by atoms with van der Waals surface area (Å²) in [5, 5.41) is 3.56. The summed E-state index contributed by atoms with van der Waals surface area (Å²) < 4.78 is 0. The molecule has 0 aliphatic rings. The monoisotopic (exact) mass is 267 g/mol. The van der Waals surface area contributed by atoms with Crippen molar-refractivity contribution in [1.29, 1.82) is 0 Å². The molecule has 0 heterocycles. The number of nitrogens with one attached hydrogen (secondary N) is 1. The van der Waals surface area contributed by atoms with Crippen LogP contribution >= 0.6 is 0 Å². The van der Waals surface area contributed by atoms with Crippen molar-refractivity contribution in [2.45, 2.75) is 46.1 Å². The van der Waals surface area contributed by atoms with Gasteiger partial charge in [0.2, 0.25) is 0 Å². The van der Waals surface area contributed by atoms with Gasteiger partial charge in [0.15, 0.2) is 0 Å². The van der Waals surface area contributed by atoms with E-state index in [1.165, 1.54) is 22.4 Å². The van der Waals surface area contributed by atoms with Gasteiger partial charge in [-0.3, -0.25) is 0 Å². The molecule has 2 aromatic rings. The minimum atomic E-state index is 0.323. The van der Waals surface area contributed by atoms with Crippen LogP contribution in [0.2, 0.25) is 0 Å². The average Bonchev–Trinajstić information content (AvgIpc) is 2.48. The second-order valence-corrected chi connectivity index (χ2v) is 5.74. The molecular formula is C19H25N. The van der Waals surface area contributed by atoms with Gasteiger partial charge >= 0.3 is 0 Å². The highest BCUT2D eigenvalue weighted by Crippen LogP contribution is 2.22. The first-order chi connectivity index (χ1) is 9.60. The normalized spacial score (nSPS) is 12.4. The summed E-state index contributed by atoms with van der Waals surface area (Å²) in [5.74, 6) is 0.592. The zero-order valence-electron chi connectivity index (χ0n) is 13.0. The Morgan fingerprint density at radius 1 is 0.800 bits per heavy atom. The first kappa shape index (κ1) is 14.6. The van der Waals surface area contributed by atoms with Crippen LogP contribution in [0.3, 0.4) is 0 Å². The first-order valence-electron chi connectivity index (χ1n) is 7.55. The first-order valence-corrected chi connectivity index (χ1v) is 7.55. The smallest absolute Gasteiger partial charge is 0.0485 e. The predicted molar refractivity (Wildman–Crippen MR) is 88.4 cm³/mol. The summed E-state index contributed by atoms with van der Waals surface area (Å²) >= 11 is 0. The van der Waals surface area contributed by atoms with Gasteiger partial charge in [0.1, 0.15) is 0 Å². The molecule has 0 fully saturated rings.